The molecule has 0 fully saturated rings. The number of hydrogen-bond acceptors (Lipinski definition) is 5. The van der Waals surface area contributed by atoms with Gasteiger partial charge in [0.1, 0.15) is 0 Å². The number of carboxylic acid groups (broad SMARTS) is 1. The number of esters is 1. The van der Waals surface area contributed by atoms with Gasteiger partial charge >= 0.3 is 11.9 Å². The van der Waals surface area contributed by atoms with Crippen molar-refractivity contribution < 1.29 is 24.2 Å². The van der Waals surface area contributed by atoms with Crippen LogP contribution in [0.15, 0.2) is 18.2 Å². The van der Waals surface area contributed by atoms with Crippen LogP contribution in [0.4, 0.5) is 0 Å². The third-order valence-electron chi connectivity index (χ3n) is 3.15. The molecule has 0 aromatic heterocycles. The number of benzene rings is 1. The zero-order valence-electron chi connectivity index (χ0n) is 12.3. The Morgan fingerprint density at radius 3 is 2.29 bits per heavy atom. The zero-order chi connectivity index (χ0) is 16.0. The van der Waals surface area contributed by atoms with Crippen LogP contribution in [-0.4, -0.2) is 42.5 Å². The van der Waals surface area contributed by atoms with Crippen LogP contribution in [0.1, 0.15) is 27.9 Å². The predicted octanol–water partition coefficient (Wildman–Crippen LogP) is 1.09. The van der Waals surface area contributed by atoms with E-state index in [1.54, 1.807) is 26.0 Å². The van der Waals surface area contributed by atoms with Gasteiger partial charge in [0.15, 0.2) is 12.4 Å². The molecule has 0 heterocycles. The molecule has 0 saturated carbocycles. The van der Waals surface area contributed by atoms with Crippen LogP contribution in [0.2, 0.25) is 0 Å². The van der Waals surface area contributed by atoms with Crippen molar-refractivity contribution in [2.75, 3.05) is 13.7 Å². The van der Waals surface area contributed by atoms with Crippen LogP contribution in [0.25, 0.3) is 0 Å². The Hall–Kier alpha value is -2.21. The maximum Gasteiger partial charge on any atom is 0.339 e. The van der Waals surface area contributed by atoms with Crippen molar-refractivity contribution in [3.8, 4) is 0 Å². The number of aliphatic carboxylic acids is 1. The third kappa shape index (κ3) is 4.68. The van der Waals surface area contributed by atoms with Crippen LogP contribution in [-0.2, 0) is 14.3 Å². The summed E-state index contributed by atoms with van der Waals surface area (Å²) >= 11 is 0. The van der Waals surface area contributed by atoms with E-state index >= 15 is 0 Å². The zero-order valence-corrected chi connectivity index (χ0v) is 12.3. The average Bonchev–Trinajstić information content (AvgIpc) is 2.41. The molecule has 0 bridgehead atoms. The number of nitrogens with one attached hydrogen (secondary N) is 1. The van der Waals surface area contributed by atoms with Crippen molar-refractivity contribution >= 4 is 17.7 Å². The normalized spacial score (nSPS) is 11.8. The van der Waals surface area contributed by atoms with Crippen molar-refractivity contribution in [3.63, 3.8) is 0 Å². The van der Waals surface area contributed by atoms with Gasteiger partial charge in [0.25, 0.3) is 0 Å². The van der Waals surface area contributed by atoms with Crippen LogP contribution in [0, 0.1) is 13.8 Å². The van der Waals surface area contributed by atoms with E-state index in [1.165, 1.54) is 7.05 Å². The number of carboxylic acids is 1. The second kappa shape index (κ2) is 7.54. The molecular formula is C15H19NO5. The molecule has 0 aliphatic rings. The van der Waals surface area contributed by atoms with Crippen molar-refractivity contribution in [2.24, 2.45) is 0 Å². The molecule has 1 atom stereocenters. The molecule has 6 heteroatoms. The van der Waals surface area contributed by atoms with Gasteiger partial charge in [-0.1, -0.05) is 18.2 Å². The van der Waals surface area contributed by atoms with Gasteiger partial charge in [-0.05, 0) is 32.0 Å². The molecule has 0 saturated heterocycles. The topological polar surface area (TPSA) is 92.7 Å². The lowest BCUT2D eigenvalue weighted by molar-refractivity contribution is -0.139. The number of rotatable bonds is 7. The fourth-order valence-electron chi connectivity index (χ4n) is 2.00. The summed E-state index contributed by atoms with van der Waals surface area (Å²) in [6.45, 7) is 3.11. The van der Waals surface area contributed by atoms with Crippen LogP contribution in [0.5, 0.6) is 0 Å². The second-order valence-corrected chi connectivity index (χ2v) is 4.75. The van der Waals surface area contributed by atoms with E-state index in [0.29, 0.717) is 5.56 Å². The van der Waals surface area contributed by atoms with Crippen molar-refractivity contribution in [1.29, 1.82) is 0 Å². The molecule has 1 rings (SSSR count). The van der Waals surface area contributed by atoms with E-state index in [1.807, 2.05) is 6.07 Å². The first-order valence-electron chi connectivity index (χ1n) is 6.52. The fraction of sp³-hybridized carbons (Fsp3) is 0.400. The van der Waals surface area contributed by atoms with Gasteiger partial charge in [0.05, 0.1) is 18.0 Å². The van der Waals surface area contributed by atoms with E-state index in [-0.39, 0.29) is 6.42 Å². The summed E-state index contributed by atoms with van der Waals surface area (Å²) in [5.74, 6) is -2.15. The number of aryl methyl sites for hydroxylation is 2. The van der Waals surface area contributed by atoms with Crippen LogP contribution in [0.3, 0.4) is 0 Å². The summed E-state index contributed by atoms with van der Waals surface area (Å²) in [6, 6.07) is 4.53. The summed E-state index contributed by atoms with van der Waals surface area (Å²) in [7, 11) is 1.48. The number of carbonyl (C=O) groups is 3. The van der Waals surface area contributed by atoms with Crippen molar-refractivity contribution in [3.05, 3.63) is 34.9 Å². The van der Waals surface area contributed by atoms with Crippen LogP contribution < -0.4 is 5.32 Å². The Kier molecular flexibility index (Phi) is 6.05. The molecule has 0 unspecified atom stereocenters. The average molecular weight is 293 g/mol. The molecule has 1 aromatic carbocycles. The van der Waals surface area contributed by atoms with E-state index < -0.39 is 30.4 Å². The number of ether oxygens (including phenoxy) is 1. The SMILES string of the molecule is CN[C@@H](CC(=O)O)C(=O)COC(=O)c1c(C)cccc1C. The van der Waals surface area contributed by atoms with Gasteiger partial charge in [-0.2, -0.15) is 0 Å². The highest BCUT2D eigenvalue weighted by atomic mass is 16.5. The van der Waals surface area contributed by atoms with Crippen molar-refractivity contribution in [1.82, 2.24) is 5.32 Å². The summed E-state index contributed by atoms with van der Waals surface area (Å²) in [5.41, 5.74) is 1.97. The second-order valence-electron chi connectivity index (χ2n) is 4.75. The van der Waals surface area contributed by atoms with Gasteiger partial charge in [0.2, 0.25) is 0 Å². The summed E-state index contributed by atoms with van der Waals surface area (Å²) in [4.78, 5) is 34.4. The molecule has 6 nitrogen and oxygen atoms in total. The first-order valence-corrected chi connectivity index (χ1v) is 6.52. The largest absolute Gasteiger partial charge is 0.481 e. The van der Waals surface area contributed by atoms with Gasteiger partial charge < -0.3 is 15.2 Å². The van der Waals surface area contributed by atoms with Gasteiger partial charge in [0, 0.05) is 0 Å². The minimum absolute atomic E-state index is 0.351. The fourth-order valence-corrected chi connectivity index (χ4v) is 2.00. The Bertz CT molecular complexity index is 533. The lowest BCUT2D eigenvalue weighted by Crippen LogP contribution is -2.38. The number of Topliss-reactive ketones (excluding diaryl/α,β-unsaturated/α-hetero) is 1. The summed E-state index contributed by atoms with van der Waals surface area (Å²) in [5, 5.41) is 11.3. The number of ketones is 1. The third-order valence-corrected chi connectivity index (χ3v) is 3.15. The van der Waals surface area contributed by atoms with Crippen LogP contribution >= 0.6 is 0 Å². The van der Waals surface area contributed by atoms with Crippen molar-refractivity contribution in [2.45, 2.75) is 26.3 Å². The lowest BCUT2D eigenvalue weighted by Gasteiger charge is -2.13. The lowest BCUT2D eigenvalue weighted by atomic mass is 10.0. The van der Waals surface area contributed by atoms with Gasteiger partial charge in [-0.25, -0.2) is 4.79 Å². The minimum atomic E-state index is -1.09. The molecule has 0 aliphatic heterocycles. The molecule has 0 aliphatic carbocycles. The molecule has 1 aromatic rings. The maximum atomic E-state index is 12.0. The Balaban J connectivity index is 2.68. The molecule has 21 heavy (non-hydrogen) atoms. The van der Waals surface area contributed by atoms with E-state index in [2.05, 4.69) is 5.32 Å². The van der Waals surface area contributed by atoms with E-state index in [9.17, 15) is 14.4 Å². The van der Waals surface area contributed by atoms with E-state index in [0.717, 1.165) is 11.1 Å². The highest BCUT2D eigenvalue weighted by Crippen LogP contribution is 2.14. The number of hydrogen-bond donors (Lipinski definition) is 2. The summed E-state index contributed by atoms with van der Waals surface area (Å²) < 4.78 is 4.99. The maximum absolute atomic E-state index is 12.0. The molecule has 0 amide bonds. The Labute approximate surface area is 123 Å². The molecule has 2 N–H and O–H groups in total. The first-order chi connectivity index (χ1) is 9.86. The van der Waals surface area contributed by atoms with E-state index in [4.69, 9.17) is 9.84 Å². The Morgan fingerprint density at radius 1 is 1.24 bits per heavy atom. The molecular weight excluding hydrogens is 274 g/mol. The smallest absolute Gasteiger partial charge is 0.339 e. The minimum Gasteiger partial charge on any atom is -0.481 e. The predicted molar refractivity (Wildman–Crippen MR) is 76.3 cm³/mol. The molecule has 114 valence electrons. The van der Waals surface area contributed by atoms with Gasteiger partial charge in [-0.3, -0.25) is 9.59 Å². The highest BCUT2D eigenvalue weighted by Gasteiger charge is 2.22. The summed E-state index contributed by atoms with van der Waals surface area (Å²) in [6.07, 6.45) is -0.351. The monoisotopic (exact) mass is 293 g/mol. The van der Waals surface area contributed by atoms with Gasteiger partial charge in [-0.15, -0.1) is 0 Å². The first kappa shape index (κ1) is 16.8. The standard InChI is InChI=1S/C15H19NO5/c1-9-5-4-6-10(2)14(9)15(20)21-8-12(17)11(16-3)7-13(18)19/h4-6,11,16H,7-8H2,1-3H3,(H,18,19)/t11-/m0/s1. The number of carbonyl (C=O) groups excluding carboxylic acids is 2. The highest BCUT2D eigenvalue weighted by molar-refractivity contribution is 5.95. The molecule has 0 spiro atoms. The number of likely N-dealkylation sites (N-methyl/N-ethyl adjacent to an activating group) is 1. The molecule has 0 radical (unpaired) electrons. The quantitative estimate of drug-likeness (QED) is 0.731. The Morgan fingerprint density at radius 2 is 1.81 bits per heavy atom.